The molecule has 1 amide bonds. The van der Waals surface area contributed by atoms with Gasteiger partial charge in [-0.05, 0) is 51.0 Å². The molecular formula is C22H24N2O3S. The minimum Gasteiger partial charge on any atom is -0.497 e. The van der Waals surface area contributed by atoms with E-state index in [1.54, 1.807) is 12.0 Å². The minimum atomic E-state index is -0.0340. The second-order valence-electron chi connectivity index (χ2n) is 7.26. The summed E-state index contributed by atoms with van der Waals surface area (Å²) in [5.74, 6) is 0.726. The van der Waals surface area contributed by atoms with E-state index >= 15 is 0 Å². The largest absolute Gasteiger partial charge is 0.497 e. The van der Waals surface area contributed by atoms with Gasteiger partial charge in [-0.1, -0.05) is 28.5 Å². The van der Waals surface area contributed by atoms with Crippen LogP contribution in [0.5, 0.6) is 5.75 Å². The van der Waals surface area contributed by atoms with Crippen molar-refractivity contribution in [2.75, 3.05) is 25.2 Å². The molecule has 28 heavy (non-hydrogen) atoms. The molecule has 5 nitrogen and oxygen atoms in total. The highest BCUT2D eigenvalue weighted by Crippen LogP contribution is 2.33. The molecular weight excluding hydrogens is 372 g/mol. The number of aryl methyl sites for hydroxylation is 2. The average Bonchev–Trinajstić information content (AvgIpc) is 3.33. The number of rotatable bonds is 5. The van der Waals surface area contributed by atoms with Gasteiger partial charge < -0.3 is 9.47 Å². The second kappa shape index (κ2) is 7.89. The fourth-order valence-electron chi connectivity index (χ4n) is 3.63. The molecule has 6 heteroatoms. The number of benzene rings is 2. The number of aromatic nitrogens is 1. The Hall–Kier alpha value is -2.44. The first-order valence-corrected chi connectivity index (χ1v) is 10.3. The van der Waals surface area contributed by atoms with E-state index < -0.39 is 0 Å². The molecule has 4 rings (SSSR count). The first kappa shape index (κ1) is 18.9. The lowest BCUT2D eigenvalue weighted by Crippen LogP contribution is -2.37. The standard InChI is InChI=1S/C22H24N2O3S/c1-14-9-15(2)11-16(10-14)21(25)24(13-18-5-4-8-27-18)22-23-19-12-17(26-3)6-7-20(19)28-22/h6-7,9-12,18H,4-5,8,13H2,1-3H3. The van der Waals surface area contributed by atoms with Gasteiger partial charge in [-0.15, -0.1) is 0 Å². The summed E-state index contributed by atoms with van der Waals surface area (Å²) in [5, 5.41) is 0.697. The summed E-state index contributed by atoms with van der Waals surface area (Å²) in [6.45, 7) is 5.30. The van der Waals surface area contributed by atoms with Gasteiger partial charge >= 0.3 is 0 Å². The lowest BCUT2D eigenvalue weighted by molar-refractivity contribution is 0.0917. The third-order valence-corrected chi connectivity index (χ3v) is 6.00. The number of anilines is 1. The Kier molecular flexibility index (Phi) is 5.33. The first-order chi connectivity index (χ1) is 13.5. The van der Waals surface area contributed by atoms with Crippen LogP contribution in [0, 0.1) is 13.8 Å². The minimum absolute atomic E-state index is 0.0340. The Balaban J connectivity index is 1.73. The Morgan fingerprint density at radius 2 is 2.04 bits per heavy atom. The highest BCUT2D eigenvalue weighted by atomic mass is 32.1. The van der Waals surface area contributed by atoms with Gasteiger partial charge in [0.2, 0.25) is 0 Å². The molecule has 0 spiro atoms. The van der Waals surface area contributed by atoms with Gasteiger partial charge in [-0.25, -0.2) is 4.98 Å². The average molecular weight is 397 g/mol. The predicted octanol–water partition coefficient (Wildman–Crippen LogP) is 4.75. The predicted molar refractivity (Wildman–Crippen MR) is 113 cm³/mol. The number of methoxy groups -OCH3 is 1. The fraction of sp³-hybridized carbons (Fsp3) is 0.364. The Morgan fingerprint density at radius 1 is 1.25 bits per heavy atom. The second-order valence-corrected chi connectivity index (χ2v) is 8.27. The van der Waals surface area contributed by atoms with E-state index in [2.05, 4.69) is 6.07 Å². The molecule has 2 heterocycles. The lowest BCUT2D eigenvalue weighted by Gasteiger charge is -2.23. The van der Waals surface area contributed by atoms with Crippen LogP contribution in [0.3, 0.4) is 0 Å². The summed E-state index contributed by atoms with van der Waals surface area (Å²) < 4.78 is 12.1. The number of amides is 1. The maximum absolute atomic E-state index is 13.4. The number of carbonyl (C=O) groups is 1. The van der Waals surface area contributed by atoms with E-state index in [1.165, 1.54) is 11.3 Å². The van der Waals surface area contributed by atoms with E-state index in [4.69, 9.17) is 14.5 Å². The van der Waals surface area contributed by atoms with Crippen molar-refractivity contribution >= 4 is 32.6 Å². The van der Waals surface area contributed by atoms with Crippen molar-refractivity contribution in [3.05, 3.63) is 53.1 Å². The molecule has 146 valence electrons. The Labute approximate surface area is 168 Å². The van der Waals surface area contributed by atoms with Gasteiger partial charge in [0.25, 0.3) is 5.91 Å². The van der Waals surface area contributed by atoms with Crippen molar-refractivity contribution in [2.45, 2.75) is 32.8 Å². The van der Waals surface area contributed by atoms with Crippen LogP contribution in [-0.2, 0) is 4.74 Å². The summed E-state index contributed by atoms with van der Waals surface area (Å²) in [4.78, 5) is 20.0. The van der Waals surface area contributed by atoms with Gasteiger partial charge in [0.05, 0.1) is 30.0 Å². The number of ether oxygens (including phenoxy) is 2. The van der Waals surface area contributed by atoms with Gasteiger partial charge in [-0.3, -0.25) is 9.69 Å². The number of thiazole rings is 1. The summed E-state index contributed by atoms with van der Waals surface area (Å²) >= 11 is 1.52. The zero-order chi connectivity index (χ0) is 19.7. The van der Waals surface area contributed by atoms with Gasteiger partial charge in [0.15, 0.2) is 5.13 Å². The molecule has 1 atom stereocenters. The number of hydrogen-bond donors (Lipinski definition) is 0. The Morgan fingerprint density at radius 3 is 2.71 bits per heavy atom. The van der Waals surface area contributed by atoms with Crippen LogP contribution in [0.4, 0.5) is 5.13 Å². The van der Waals surface area contributed by atoms with Crippen LogP contribution >= 0.6 is 11.3 Å². The topological polar surface area (TPSA) is 51.7 Å². The summed E-state index contributed by atoms with van der Waals surface area (Å²) in [7, 11) is 1.64. The molecule has 1 aliphatic rings. The van der Waals surface area contributed by atoms with E-state index in [-0.39, 0.29) is 12.0 Å². The monoisotopic (exact) mass is 396 g/mol. The molecule has 0 N–H and O–H groups in total. The van der Waals surface area contributed by atoms with Gasteiger partial charge in [-0.2, -0.15) is 0 Å². The van der Waals surface area contributed by atoms with E-state index in [9.17, 15) is 4.79 Å². The molecule has 0 saturated carbocycles. The third kappa shape index (κ3) is 3.88. The van der Waals surface area contributed by atoms with Crippen molar-refractivity contribution < 1.29 is 14.3 Å². The van der Waals surface area contributed by atoms with Crippen molar-refractivity contribution in [3.8, 4) is 5.75 Å². The highest BCUT2D eigenvalue weighted by molar-refractivity contribution is 7.22. The van der Waals surface area contributed by atoms with E-state index in [0.29, 0.717) is 17.2 Å². The van der Waals surface area contributed by atoms with E-state index in [1.807, 2.05) is 44.2 Å². The molecule has 0 aliphatic carbocycles. The lowest BCUT2D eigenvalue weighted by atomic mass is 10.1. The van der Waals surface area contributed by atoms with Gasteiger partial charge in [0, 0.05) is 18.2 Å². The SMILES string of the molecule is COc1ccc2sc(N(CC3CCCO3)C(=O)c3cc(C)cc(C)c3)nc2c1. The first-order valence-electron chi connectivity index (χ1n) is 9.50. The molecule has 1 saturated heterocycles. The fourth-order valence-corrected chi connectivity index (χ4v) is 4.58. The maximum Gasteiger partial charge on any atom is 0.260 e. The molecule has 1 aromatic heterocycles. The smallest absolute Gasteiger partial charge is 0.260 e. The number of nitrogens with zero attached hydrogens (tertiary/aromatic N) is 2. The summed E-state index contributed by atoms with van der Waals surface area (Å²) in [6, 6.07) is 11.8. The molecule has 0 radical (unpaired) electrons. The normalized spacial score (nSPS) is 16.5. The molecule has 1 aliphatic heterocycles. The number of carbonyl (C=O) groups excluding carboxylic acids is 1. The Bertz CT molecular complexity index is 988. The van der Waals surface area contributed by atoms with Gasteiger partial charge in [0.1, 0.15) is 5.75 Å². The van der Waals surface area contributed by atoms with Crippen molar-refractivity contribution in [2.24, 2.45) is 0 Å². The quantitative estimate of drug-likeness (QED) is 0.625. The van der Waals surface area contributed by atoms with E-state index in [0.717, 1.165) is 46.5 Å². The summed E-state index contributed by atoms with van der Waals surface area (Å²) in [5.41, 5.74) is 3.68. The molecule has 1 unspecified atom stereocenters. The van der Waals surface area contributed by atoms with Crippen LogP contribution in [0.25, 0.3) is 10.2 Å². The zero-order valence-corrected chi connectivity index (χ0v) is 17.2. The van der Waals surface area contributed by atoms with Crippen LogP contribution in [0.1, 0.15) is 34.3 Å². The number of fused-ring (bicyclic) bond motifs is 1. The summed E-state index contributed by atoms with van der Waals surface area (Å²) in [6.07, 6.45) is 2.05. The van der Waals surface area contributed by atoms with Crippen LogP contribution in [0.15, 0.2) is 36.4 Å². The highest BCUT2D eigenvalue weighted by Gasteiger charge is 2.27. The number of hydrogen-bond acceptors (Lipinski definition) is 5. The van der Waals surface area contributed by atoms with Crippen molar-refractivity contribution in [1.82, 2.24) is 4.98 Å². The van der Waals surface area contributed by atoms with Crippen LogP contribution < -0.4 is 9.64 Å². The van der Waals surface area contributed by atoms with Crippen molar-refractivity contribution in [3.63, 3.8) is 0 Å². The molecule has 1 fully saturated rings. The molecule has 0 bridgehead atoms. The molecule has 2 aromatic carbocycles. The third-order valence-electron chi connectivity index (χ3n) is 4.94. The van der Waals surface area contributed by atoms with Crippen molar-refractivity contribution in [1.29, 1.82) is 0 Å². The van der Waals surface area contributed by atoms with Crippen LogP contribution in [-0.4, -0.2) is 37.3 Å². The molecule has 3 aromatic rings. The zero-order valence-electron chi connectivity index (χ0n) is 16.4. The van der Waals surface area contributed by atoms with Crippen LogP contribution in [0.2, 0.25) is 0 Å². The maximum atomic E-state index is 13.4.